The van der Waals surface area contributed by atoms with E-state index < -0.39 is 9.84 Å². The number of nitrogens with one attached hydrogen (secondary N) is 1. The number of sulfone groups is 1. The SMILES string of the molecule is COc1ccc(S(=O)(=O)c2csc3c2NC(=O)C[C@H]3c2ccc(OC(C)C)cc2)cc1. The van der Waals surface area contributed by atoms with E-state index in [0.717, 1.165) is 16.2 Å². The van der Waals surface area contributed by atoms with Crippen LogP contribution < -0.4 is 14.8 Å². The van der Waals surface area contributed by atoms with E-state index in [0.29, 0.717) is 11.4 Å². The Labute approximate surface area is 185 Å². The Kier molecular flexibility index (Phi) is 5.77. The minimum atomic E-state index is -3.79. The van der Waals surface area contributed by atoms with E-state index in [1.807, 2.05) is 38.1 Å². The molecular formula is C23H23NO5S2. The number of benzene rings is 2. The third-order valence-electron chi connectivity index (χ3n) is 5.07. The predicted octanol–water partition coefficient (Wildman–Crippen LogP) is 4.85. The van der Waals surface area contributed by atoms with Crippen molar-refractivity contribution < 1.29 is 22.7 Å². The number of fused-ring (bicyclic) bond motifs is 1. The molecule has 0 unspecified atom stereocenters. The van der Waals surface area contributed by atoms with Gasteiger partial charge in [0.1, 0.15) is 16.4 Å². The molecule has 1 N–H and O–H groups in total. The van der Waals surface area contributed by atoms with E-state index >= 15 is 0 Å². The maximum Gasteiger partial charge on any atom is 0.225 e. The third kappa shape index (κ3) is 4.18. The van der Waals surface area contributed by atoms with Crippen molar-refractivity contribution in [2.24, 2.45) is 0 Å². The monoisotopic (exact) mass is 457 g/mol. The summed E-state index contributed by atoms with van der Waals surface area (Å²) in [5.74, 6) is 0.920. The van der Waals surface area contributed by atoms with Crippen molar-refractivity contribution >= 4 is 32.8 Å². The number of thiophene rings is 1. The Morgan fingerprint density at radius 1 is 1.03 bits per heavy atom. The van der Waals surface area contributed by atoms with Gasteiger partial charge in [0.05, 0.1) is 23.8 Å². The minimum Gasteiger partial charge on any atom is -0.497 e. The zero-order chi connectivity index (χ0) is 22.2. The number of amides is 1. The molecule has 31 heavy (non-hydrogen) atoms. The van der Waals surface area contributed by atoms with Gasteiger partial charge in [0, 0.05) is 22.6 Å². The first-order valence-electron chi connectivity index (χ1n) is 9.86. The van der Waals surface area contributed by atoms with Gasteiger partial charge in [0.2, 0.25) is 15.7 Å². The van der Waals surface area contributed by atoms with Crippen LogP contribution in [0.5, 0.6) is 11.5 Å². The summed E-state index contributed by atoms with van der Waals surface area (Å²) < 4.78 is 37.3. The number of rotatable bonds is 6. The Morgan fingerprint density at radius 3 is 2.29 bits per heavy atom. The molecule has 0 bridgehead atoms. The maximum absolute atomic E-state index is 13.3. The fourth-order valence-electron chi connectivity index (χ4n) is 3.60. The van der Waals surface area contributed by atoms with Gasteiger partial charge in [-0.2, -0.15) is 0 Å². The lowest BCUT2D eigenvalue weighted by Crippen LogP contribution is -2.23. The highest BCUT2D eigenvalue weighted by Gasteiger charge is 2.34. The minimum absolute atomic E-state index is 0.0703. The topological polar surface area (TPSA) is 81.7 Å². The van der Waals surface area contributed by atoms with Crippen LogP contribution in [-0.2, 0) is 14.6 Å². The molecule has 1 aliphatic heterocycles. The summed E-state index contributed by atoms with van der Waals surface area (Å²) in [4.78, 5) is 13.6. The van der Waals surface area contributed by atoms with Crippen molar-refractivity contribution in [3.63, 3.8) is 0 Å². The summed E-state index contributed by atoms with van der Waals surface area (Å²) in [5, 5.41) is 4.40. The number of hydrogen-bond donors (Lipinski definition) is 1. The first-order chi connectivity index (χ1) is 14.8. The lowest BCUT2D eigenvalue weighted by atomic mass is 9.90. The number of carbonyl (C=O) groups is 1. The van der Waals surface area contributed by atoms with Crippen molar-refractivity contribution in [3.8, 4) is 11.5 Å². The fraction of sp³-hybridized carbons (Fsp3) is 0.261. The molecule has 0 saturated heterocycles. The molecule has 8 heteroatoms. The van der Waals surface area contributed by atoms with Crippen molar-refractivity contribution in [1.82, 2.24) is 0 Å². The van der Waals surface area contributed by atoms with E-state index in [-0.39, 0.29) is 34.1 Å². The molecule has 1 aliphatic rings. The highest BCUT2D eigenvalue weighted by molar-refractivity contribution is 7.91. The highest BCUT2D eigenvalue weighted by atomic mass is 32.2. The van der Waals surface area contributed by atoms with Crippen LogP contribution in [-0.4, -0.2) is 27.5 Å². The number of anilines is 1. The van der Waals surface area contributed by atoms with Gasteiger partial charge >= 0.3 is 0 Å². The maximum atomic E-state index is 13.3. The summed E-state index contributed by atoms with van der Waals surface area (Å²) in [7, 11) is -2.27. The zero-order valence-corrected chi connectivity index (χ0v) is 19.0. The fourth-order valence-corrected chi connectivity index (χ4v) is 6.51. The lowest BCUT2D eigenvalue weighted by Gasteiger charge is -2.24. The summed E-state index contributed by atoms with van der Waals surface area (Å²) in [6.07, 6.45) is 0.334. The molecule has 6 nitrogen and oxygen atoms in total. The summed E-state index contributed by atoms with van der Waals surface area (Å²) in [5.41, 5.74) is 1.33. The molecule has 0 aliphatic carbocycles. The molecule has 162 valence electrons. The zero-order valence-electron chi connectivity index (χ0n) is 17.4. The van der Waals surface area contributed by atoms with E-state index in [4.69, 9.17) is 9.47 Å². The first kappa shape index (κ1) is 21.4. The smallest absolute Gasteiger partial charge is 0.225 e. The Hall–Kier alpha value is -2.84. The van der Waals surface area contributed by atoms with E-state index in [2.05, 4.69) is 5.32 Å². The Balaban J connectivity index is 1.71. The van der Waals surface area contributed by atoms with Crippen LogP contribution in [0.4, 0.5) is 5.69 Å². The van der Waals surface area contributed by atoms with Crippen molar-refractivity contribution in [1.29, 1.82) is 0 Å². The van der Waals surface area contributed by atoms with Crippen LogP contribution in [0.25, 0.3) is 0 Å². The van der Waals surface area contributed by atoms with Gasteiger partial charge in [-0.15, -0.1) is 11.3 Å². The van der Waals surface area contributed by atoms with Gasteiger partial charge in [-0.05, 0) is 55.8 Å². The van der Waals surface area contributed by atoms with Gasteiger partial charge in [0.25, 0.3) is 0 Å². The molecule has 0 saturated carbocycles. The number of ether oxygens (including phenoxy) is 2. The molecule has 0 spiro atoms. The summed E-state index contributed by atoms with van der Waals surface area (Å²) in [6, 6.07) is 13.8. The molecule has 3 aromatic rings. The average Bonchev–Trinajstić information content (AvgIpc) is 3.18. The second-order valence-corrected chi connectivity index (χ2v) is 10.4. The standard InChI is InChI=1S/C23H23NO5S2/c1-14(2)29-17-6-4-15(5-7-17)19-12-21(25)24-22-20(13-30-23(19)22)31(26,27)18-10-8-16(28-3)9-11-18/h4-11,13-14,19H,12H2,1-3H3,(H,24,25)/t19-/m0/s1. The molecule has 4 rings (SSSR count). The van der Waals surface area contributed by atoms with E-state index in [9.17, 15) is 13.2 Å². The molecule has 2 heterocycles. The van der Waals surface area contributed by atoms with Gasteiger partial charge < -0.3 is 14.8 Å². The average molecular weight is 458 g/mol. The summed E-state index contributed by atoms with van der Waals surface area (Å²) in [6.45, 7) is 3.92. The normalized spacial score (nSPS) is 16.0. The van der Waals surface area contributed by atoms with E-state index in [1.54, 1.807) is 17.5 Å². The molecular weight excluding hydrogens is 434 g/mol. The Morgan fingerprint density at radius 2 is 1.68 bits per heavy atom. The molecule has 1 amide bonds. The molecule has 1 atom stereocenters. The van der Waals surface area contributed by atoms with Crippen molar-refractivity contribution in [3.05, 3.63) is 64.4 Å². The van der Waals surface area contributed by atoms with Gasteiger partial charge in [-0.25, -0.2) is 8.42 Å². The second-order valence-electron chi connectivity index (χ2n) is 7.56. The molecule has 0 fully saturated rings. The summed E-state index contributed by atoms with van der Waals surface area (Å²) >= 11 is 1.35. The van der Waals surface area contributed by atoms with Crippen molar-refractivity contribution in [2.75, 3.05) is 12.4 Å². The number of carbonyl (C=O) groups excluding carboxylic acids is 1. The predicted molar refractivity (Wildman–Crippen MR) is 120 cm³/mol. The van der Waals surface area contributed by atoms with Crippen LogP contribution in [0.15, 0.2) is 63.7 Å². The quantitative estimate of drug-likeness (QED) is 0.572. The van der Waals surface area contributed by atoms with Gasteiger partial charge in [-0.3, -0.25) is 4.79 Å². The van der Waals surface area contributed by atoms with E-state index in [1.165, 1.54) is 30.6 Å². The number of methoxy groups -OCH3 is 1. The molecule has 1 aromatic heterocycles. The highest BCUT2D eigenvalue weighted by Crippen LogP contribution is 2.46. The number of hydrogen-bond acceptors (Lipinski definition) is 6. The van der Waals surface area contributed by atoms with Crippen LogP contribution in [0.3, 0.4) is 0 Å². The van der Waals surface area contributed by atoms with Crippen molar-refractivity contribution in [2.45, 2.75) is 42.1 Å². The van der Waals surface area contributed by atoms with Crippen LogP contribution in [0, 0.1) is 0 Å². The Bertz CT molecular complexity index is 1200. The first-order valence-corrected chi connectivity index (χ1v) is 12.2. The van der Waals surface area contributed by atoms with Crippen LogP contribution in [0.1, 0.15) is 36.6 Å². The molecule has 0 radical (unpaired) electrons. The third-order valence-corrected chi connectivity index (χ3v) is 8.11. The van der Waals surface area contributed by atoms with Gasteiger partial charge in [-0.1, -0.05) is 12.1 Å². The second kappa shape index (κ2) is 8.36. The van der Waals surface area contributed by atoms with Gasteiger partial charge in [0.15, 0.2) is 0 Å². The largest absolute Gasteiger partial charge is 0.497 e. The van der Waals surface area contributed by atoms with Crippen LogP contribution >= 0.6 is 11.3 Å². The lowest BCUT2D eigenvalue weighted by molar-refractivity contribution is -0.116. The van der Waals surface area contributed by atoms with Crippen LogP contribution in [0.2, 0.25) is 0 Å². The molecule has 2 aromatic carbocycles.